The summed E-state index contributed by atoms with van der Waals surface area (Å²) in [6, 6.07) is 4.13. The van der Waals surface area contributed by atoms with Crippen molar-refractivity contribution in [3.63, 3.8) is 0 Å². The maximum absolute atomic E-state index is 4.07. The van der Waals surface area contributed by atoms with E-state index in [1.54, 1.807) is 0 Å². The summed E-state index contributed by atoms with van der Waals surface area (Å²) < 4.78 is 0. The first-order valence-electron chi connectivity index (χ1n) is 4.06. The second-order valence-corrected chi connectivity index (χ2v) is 2.99. The van der Waals surface area contributed by atoms with Gasteiger partial charge in [0.2, 0.25) is 0 Å². The molecular weight excluding hydrogens is 187 g/mol. The average molecular weight is 202 g/mol. The first-order chi connectivity index (χ1) is 5.45. The quantitative estimate of drug-likeness (QED) is 0.440. The van der Waals surface area contributed by atoms with Gasteiger partial charge in [0.25, 0.3) is 0 Å². The van der Waals surface area contributed by atoms with Crippen LogP contribution in [0.25, 0.3) is 0 Å². The Bertz CT molecular complexity index is 222. The first kappa shape index (κ1) is 13.7. The Labute approximate surface area is 123 Å². The van der Waals surface area contributed by atoms with Crippen LogP contribution in [0.2, 0.25) is 0 Å². The number of nitrogens with zero attached hydrogens (tertiary/aromatic N) is 2. The zero-order chi connectivity index (χ0) is 7.52. The monoisotopic (exact) mass is 202 g/mol. The molecule has 0 unspecified atom stereocenters. The fraction of sp³-hybridized carbons (Fsp3) is 0.400. The van der Waals surface area contributed by atoms with Gasteiger partial charge in [0.15, 0.2) is 0 Å². The SMILES string of the molecule is [CH3-].[K+].c1cncc(CN2CCC2)c1. The standard InChI is InChI=1S/C9H12N2.CH3.K/c1-3-9(7-10-4-1)8-11-5-2-6-11;;/h1,3-4,7H,2,5-6,8H2;1H3;/q;-1;+1. The Morgan fingerprint density at radius 1 is 1.38 bits per heavy atom. The predicted molar refractivity (Wildman–Crippen MR) is 50.5 cm³/mol. The van der Waals surface area contributed by atoms with Crippen LogP contribution < -0.4 is 51.4 Å². The van der Waals surface area contributed by atoms with E-state index in [0.29, 0.717) is 0 Å². The summed E-state index contributed by atoms with van der Waals surface area (Å²) in [5.41, 5.74) is 1.33. The number of rotatable bonds is 2. The smallest absolute Gasteiger partial charge is 0.358 e. The molecule has 13 heavy (non-hydrogen) atoms. The van der Waals surface area contributed by atoms with Gasteiger partial charge in [-0.15, -0.1) is 0 Å². The largest absolute Gasteiger partial charge is 1.00 e. The second kappa shape index (κ2) is 7.09. The van der Waals surface area contributed by atoms with Gasteiger partial charge in [0.1, 0.15) is 0 Å². The van der Waals surface area contributed by atoms with Crippen molar-refractivity contribution in [2.24, 2.45) is 0 Å². The van der Waals surface area contributed by atoms with Crippen LogP contribution in [0.4, 0.5) is 0 Å². The molecule has 3 heteroatoms. The third-order valence-corrected chi connectivity index (χ3v) is 2.08. The van der Waals surface area contributed by atoms with E-state index in [2.05, 4.69) is 16.0 Å². The summed E-state index contributed by atoms with van der Waals surface area (Å²) in [5.74, 6) is 0. The van der Waals surface area contributed by atoms with E-state index in [1.807, 2.05) is 18.5 Å². The fourth-order valence-electron chi connectivity index (χ4n) is 1.29. The van der Waals surface area contributed by atoms with Crippen LogP contribution in [0.1, 0.15) is 12.0 Å². The Morgan fingerprint density at radius 3 is 2.62 bits per heavy atom. The third-order valence-electron chi connectivity index (χ3n) is 2.08. The van der Waals surface area contributed by atoms with Crippen LogP contribution in [0.15, 0.2) is 24.5 Å². The van der Waals surface area contributed by atoms with Crippen LogP contribution in [-0.4, -0.2) is 23.0 Å². The summed E-state index contributed by atoms with van der Waals surface area (Å²) in [5, 5.41) is 0. The van der Waals surface area contributed by atoms with Crippen molar-refractivity contribution in [2.75, 3.05) is 13.1 Å². The molecule has 0 amide bonds. The third kappa shape index (κ3) is 4.19. The van der Waals surface area contributed by atoms with Crippen LogP contribution >= 0.6 is 0 Å². The van der Waals surface area contributed by atoms with Crippen LogP contribution in [-0.2, 0) is 6.54 Å². The van der Waals surface area contributed by atoms with Gasteiger partial charge in [-0.3, -0.25) is 9.88 Å². The molecule has 0 aliphatic carbocycles. The van der Waals surface area contributed by atoms with Crippen molar-refractivity contribution < 1.29 is 51.4 Å². The number of hydrogen-bond acceptors (Lipinski definition) is 2. The second-order valence-electron chi connectivity index (χ2n) is 2.99. The molecule has 2 heterocycles. The molecule has 0 aromatic carbocycles. The molecular formula is C10H15KN2. The maximum atomic E-state index is 4.07. The van der Waals surface area contributed by atoms with Crippen molar-refractivity contribution in [1.82, 2.24) is 9.88 Å². The molecule has 0 bridgehead atoms. The van der Waals surface area contributed by atoms with E-state index < -0.39 is 0 Å². The summed E-state index contributed by atoms with van der Waals surface area (Å²) in [6.45, 7) is 3.59. The summed E-state index contributed by atoms with van der Waals surface area (Å²) in [7, 11) is 0. The van der Waals surface area contributed by atoms with Crippen molar-refractivity contribution in [1.29, 1.82) is 0 Å². The molecule has 1 aliphatic heterocycles. The Kier molecular flexibility index (Phi) is 7.50. The minimum Gasteiger partial charge on any atom is -0.358 e. The molecule has 1 fully saturated rings. The molecule has 2 rings (SSSR count). The summed E-state index contributed by atoms with van der Waals surface area (Å²) in [4.78, 5) is 6.50. The molecule has 0 saturated carbocycles. The molecule has 1 aliphatic rings. The maximum Gasteiger partial charge on any atom is 1.00 e. The van der Waals surface area contributed by atoms with Crippen LogP contribution in [0.3, 0.4) is 0 Å². The summed E-state index contributed by atoms with van der Waals surface area (Å²) >= 11 is 0. The molecule has 0 N–H and O–H groups in total. The van der Waals surface area contributed by atoms with Crippen molar-refractivity contribution in [3.05, 3.63) is 37.5 Å². The van der Waals surface area contributed by atoms with Gasteiger partial charge in [0, 0.05) is 18.9 Å². The number of likely N-dealkylation sites (tertiary alicyclic amines) is 1. The minimum atomic E-state index is 0. The van der Waals surface area contributed by atoms with E-state index >= 15 is 0 Å². The van der Waals surface area contributed by atoms with Crippen LogP contribution in [0.5, 0.6) is 0 Å². The average Bonchev–Trinajstić information content (AvgIpc) is 1.99. The molecule has 66 valence electrons. The molecule has 1 saturated heterocycles. The van der Waals surface area contributed by atoms with E-state index in [0.717, 1.165) is 6.54 Å². The van der Waals surface area contributed by atoms with Gasteiger partial charge >= 0.3 is 51.4 Å². The number of pyridine rings is 1. The topological polar surface area (TPSA) is 16.1 Å². The van der Waals surface area contributed by atoms with Gasteiger partial charge < -0.3 is 7.43 Å². The predicted octanol–water partition coefficient (Wildman–Crippen LogP) is -1.26. The van der Waals surface area contributed by atoms with Gasteiger partial charge in [0.05, 0.1) is 0 Å². The molecule has 0 radical (unpaired) electrons. The van der Waals surface area contributed by atoms with Gasteiger partial charge in [-0.05, 0) is 31.1 Å². The van der Waals surface area contributed by atoms with Gasteiger partial charge in [-0.1, -0.05) is 6.07 Å². The number of hydrogen-bond donors (Lipinski definition) is 0. The van der Waals surface area contributed by atoms with Crippen molar-refractivity contribution >= 4 is 0 Å². The molecule has 0 atom stereocenters. The van der Waals surface area contributed by atoms with E-state index in [1.165, 1.54) is 25.1 Å². The van der Waals surface area contributed by atoms with Crippen LogP contribution in [0, 0.1) is 7.43 Å². The zero-order valence-electron chi connectivity index (χ0n) is 8.53. The normalized spacial score (nSPS) is 15.1. The molecule has 0 spiro atoms. The van der Waals surface area contributed by atoms with E-state index in [-0.39, 0.29) is 58.8 Å². The van der Waals surface area contributed by atoms with Gasteiger partial charge in [-0.2, -0.15) is 0 Å². The van der Waals surface area contributed by atoms with Crippen molar-refractivity contribution in [3.8, 4) is 0 Å². The molecule has 1 aromatic heterocycles. The Balaban J connectivity index is 0.000000720. The van der Waals surface area contributed by atoms with E-state index in [9.17, 15) is 0 Å². The fourth-order valence-corrected chi connectivity index (χ4v) is 1.29. The Morgan fingerprint density at radius 2 is 2.15 bits per heavy atom. The van der Waals surface area contributed by atoms with Gasteiger partial charge in [-0.25, -0.2) is 0 Å². The number of aromatic nitrogens is 1. The van der Waals surface area contributed by atoms with Crippen molar-refractivity contribution in [2.45, 2.75) is 13.0 Å². The Hall–Kier alpha value is 0.746. The summed E-state index contributed by atoms with van der Waals surface area (Å²) in [6.07, 6.45) is 5.12. The molecule has 2 nitrogen and oxygen atoms in total. The minimum absolute atomic E-state index is 0. The first-order valence-corrected chi connectivity index (χ1v) is 4.06. The van der Waals surface area contributed by atoms with E-state index in [4.69, 9.17) is 0 Å². The molecule has 1 aromatic rings. The zero-order valence-corrected chi connectivity index (χ0v) is 11.7.